The summed E-state index contributed by atoms with van der Waals surface area (Å²) >= 11 is 6.18. The Morgan fingerprint density at radius 3 is 3.10 bits per heavy atom. The second kappa shape index (κ2) is 5.55. The van der Waals surface area contributed by atoms with E-state index >= 15 is 0 Å². The molecule has 1 aromatic heterocycles. The normalized spacial score (nSPS) is 23.0. The highest BCUT2D eigenvalue weighted by atomic mass is 35.5. The molecule has 0 radical (unpaired) electrons. The molecule has 0 saturated carbocycles. The van der Waals surface area contributed by atoms with E-state index in [4.69, 9.17) is 17.4 Å². The summed E-state index contributed by atoms with van der Waals surface area (Å²) in [5, 5.41) is 0.647. The minimum atomic E-state index is 0.292. The molecule has 1 aromatic rings. The van der Waals surface area contributed by atoms with E-state index < -0.39 is 0 Å². The van der Waals surface area contributed by atoms with E-state index in [0.717, 1.165) is 31.7 Å². The van der Waals surface area contributed by atoms with Crippen molar-refractivity contribution in [2.24, 2.45) is 5.84 Å². The van der Waals surface area contributed by atoms with Gasteiger partial charge in [0.25, 0.3) is 0 Å². The van der Waals surface area contributed by atoms with Gasteiger partial charge in [-0.25, -0.2) is 10.8 Å². The summed E-state index contributed by atoms with van der Waals surface area (Å²) in [6.45, 7) is 3.24. The number of nitrogens with zero attached hydrogens (tertiary/aromatic N) is 3. The Hall–Kier alpha value is -1.37. The maximum Gasteiger partial charge on any atom is 0.222 e. The average Bonchev–Trinajstić information content (AvgIpc) is 2.82. The molecule has 0 spiro atoms. The first-order valence-electron chi connectivity index (χ1n) is 6.81. The Kier molecular flexibility index (Phi) is 3.78. The molecular formula is C13H18ClN5O. The van der Waals surface area contributed by atoms with Crippen LogP contribution < -0.4 is 11.3 Å². The number of carbonyl (C=O) groups excluding carboxylic acids is 1. The number of hydrogen-bond acceptors (Lipinski definition) is 5. The number of fused-ring (bicyclic) bond motifs is 1. The number of halogens is 1. The summed E-state index contributed by atoms with van der Waals surface area (Å²) in [6, 6.07) is 3.90. The van der Waals surface area contributed by atoms with Crippen molar-refractivity contribution in [1.82, 2.24) is 14.8 Å². The minimum absolute atomic E-state index is 0.292. The molecule has 0 aliphatic carbocycles. The van der Waals surface area contributed by atoms with Crippen LogP contribution in [0.4, 0.5) is 5.82 Å². The number of nitrogens with two attached hydrogens (primary N) is 1. The Morgan fingerprint density at radius 2 is 2.30 bits per heavy atom. The molecule has 2 fully saturated rings. The van der Waals surface area contributed by atoms with Gasteiger partial charge in [-0.05, 0) is 18.6 Å². The largest absolute Gasteiger partial charge is 0.337 e. The van der Waals surface area contributed by atoms with E-state index in [1.54, 1.807) is 12.1 Å². The Balaban J connectivity index is 1.68. The highest BCUT2D eigenvalue weighted by Gasteiger charge is 2.35. The predicted molar refractivity (Wildman–Crippen MR) is 77.1 cm³/mol. The molecule has 20 heavy (non-hydrogen) atoms. The van der Waals surface area contributed by atoms with Crippen molar-refractivity contribution < 1.29 is 4.79 Å². The number of hydrazine groups is 1. The van der Waals surface area contributed by atoms with Crippen LogP contribution in [0.2, 0.25) is 5.02 Å². The number of anilines is 1. The summed E-state index contributed by atoms with van der Waals surface area (Å²) in [4.78, 5) is 20.4. The Labute approximate surface area is 122 Å². The highest BCUT2D eigenvalue weighted by Crippen LogP contribution is 2.25. The van der Waals surface area contributed by atoms with Crippen molar-refractivity contribution in [1.29, 1.82) is 0 Å². The standard InChI is InChI=1S/C13H18ClN5O/c14-10-2-3-12(17-15)16-11(10)8-18-5-6-19-9(7-18)1-4-13(19)20/h2-3,9H,1,4-8,15H2,(H,16,17). The van der Waals surface area contributed by atoms with Gasteiger partial charge in [-0.15, -0.1) is 0 Å². The fraction of sp³-hybridized carbons (Fsp3) is 0.538. The summed E-state index contributed by atoms with van der Waals surface area (Å²) in [7, 11) is 0. The van der Waals surface area contributed by atoms with Gasteiger partial charge in [-0.2, -0.15) is 0 Å². The van der Waals surface area contributed by atoms with Gasteiger partial charge in [0.1, 0.15) is 5.82 Å². The molecule has 7 heteroatoms. The summed E-state index contributed by atoms with van der Waals surface area (Å²) in [5.74, 6) is 6.28. The third-order valence-electron chi connectivity index (χ3n) is 4.02. The van der Waals surface area contributed by atoms with E-state index in [1.807, 2.05) is 4.90 Å². The number of rotatable bonds is 3. The van der Waals surface area contributed by atoms with Crippen LogP contribution in [0.15, 0.2) is 12.1 Å². The van der Waals surface area contributed by atoms with Crippen LogP contribution in [0.5, 0.6) is 0 Å². The molecule has 1 amide bonds. The maximum absolute atomic E-state index is 11.7. The molecular weight excluding hydrogens is 278 g/mol. The van der Waals surface area contributed by atoms with Crippen molar-refractivity contribution in [3.63, 3.8) is 0 Å². The van der Waals surface area contributed by atoms with Crippen LogP contribution in [0.25, 0.3) is 0 Å². The van der Waals surface area contributed by atoms with Crippen molar-refractivity contribution in [3.05, 3.63) is 22.8 Å². The van der Waals surface area contributed by atoms with Gasteiger partial charge in [0.15, 0.2) is 0 Å². The van der Waals surface area contributed by atoms with Crippen molar-refractivity contribution in [3.8, 4) is 0 Å². The topological polar surface area (TPSA) is 74.5 Å². The lowest BCUT2D eigenvalue weighted by Crippen LogP contribution is -2.51. The van der Waals surface area contributed by atoms with E-state index in [2.05, 4.69) is 15.3 Å². The maximum atomic E-state index is 11.7. The van der Waals surface area contributed by atoms with Crippen LogP contribution in [-0.4, -0.2) is 46.4 Å². The smallest absolute Gasteiger partial charge is 0.222 e. The van der Waals surface area contributed by atoms with Crippen LogP contribution in [0.3, 0.4) is 0 Å². The van der Waals surface area contributed by atoms with Crippen LogP contribution >= 0.6 is 11.6 Å². The van der Waals surface area contributed by atoms with Crippen molar-refractivity contribution in [2.45, 2.75) is 25.4 Å². The molecule has 3 N–H and O–H groups in total. The zero-order chi connectivity index (χ0) is 14.1. The predicted octanol–water partition coefficient (Wildman–Crippen LogP) is 0.827. The fourth-order valence-corrected chi connectivity index (χ4v) is 3.12. The summed E-state index contributed by atoms with van der Waals surface area (Å²) in [6.07, 6.45) is 1.64. The zero-order valence-corrected chi connectivity index (χ0v) is 11.9. The third-order valence-corrected chi connectivity index (χ3v) is 4.36. The molecule has 0 aromatic carbocycles. The van der Waals surface area contributed by atoms with Gasteiger partial charge < -0.3 is 10.3 Å². The number of pyridine rings is 1. The monoisotopic (exact) mass is 295 g/mol. The Morgan fingerprint density at radius 1 is 1.45 bits per heavy atom. The molecule has 2 saturated heterocycles. The van der Waals surface area contributed by atoms with Gasteiger partial charge in [-0.3, -0.25) is 9.69 Å². The van der Waals surface area contributed by atoms with Crippen molar-refractivity contribution >= 4 is 23.3 Å². The van der Waals surface area contributed by atoms with Gasteiger partial charge in [0.05, 0.1) is 10.7 Å². The second-order valence-electron chi connectivity index (χ2n) is 5.28. The molecule has 3 rings (SSSR count). The van der Waals surface area contributed by atoms with Crippen LogP contribution in [-0.2, 0) is 11.3 Å². The third kappa shape index (κ3) is 2.59. The van der Waals surface area contributed by atoms with Gasteiger partial charge in [-0.1, -0.05) is 11.6 Å². The van der Waals surface area contributed by atoms with Crippen molar-refractivity contribution in [2.75, 3.05) is 25.1 Å². The molecule has 1 unspecified atom stereocenters. The van der Waals surface area contributed by atoms with E-state index in [1.165, 1.54) is 0 Å². The lowest BCUT2D eigenvalue weighted by atomic mass is 10.1. The van der Waals surface area contributed by atoms with Gasteiger partial charge in [0, 0.05) is 38.6 Å². The number of aromatic nitrogens is 1. The molecule has 3 heterocycles. The van der Waals surface area contributed by atoms with Crippen LogP contribution in [0, 0.1) is 0 Å². The number of carbonyl (C=O) groups is 1. The first kappa shape index (κ1) is 13.6. The first-order valence-corrected chi connectivity index (χ1v) is 7.19. The van der Waals surface area contributed by atoms with Gasteiger partial charge >= 0.3 is 0 Å². The number of piperazine rings is 1. The molecule has 0 bridgehead atoms. The lowest BCUT2D eigenvalue weighted by molar-refractivity contribution is -0.130. The lowest BCUT2D eigenvalue weighted by Gasteiger charge is -2.37. The van der Waals surface area contributed by atoms with E-state index in [9.17, 15) is 4.79 Å². The Bertz CT molecular complexity index is 523. The van der Waals surface area contributed by atoms with Crippen LogP contribution in [0.1, 0.15) is 18.5 Å². The number of hydrogen-bond donors (Lipinski definition) is 2. The van der Waals surface area contributed by atoms with Gasteiger partial charge in [0.2, 0.25) is 5.91 Å². The minimum Gasteiger partial charge on any atom is -0.337 e. The molecule has 2 aliphatic heterocycles. The molecule has 2 aliphatic rings. The number of nitrogens with one attached hydrogen (secondary N) is 1. The zero-order valence-electron chi connectivity index (χ0n) is 11.2. The molecule has 1 atom stereocenters. The number of amides is 1. The summed E-state index contributed by atoms with van der Waals surface area (Å²) < 4.78 is 0. The summed E-state index contributed by atoms with van der Waals surface area (Å²) in [5.41, 5.74) is 3.35. The SMILES string of the molecule is NNc1ccc(Cl)c(CN2CCN3C(=O)CCC3C2)n1. The van der Waals surface area contributed by atoms with E-state index in [-0.39, 0.29) is 0 Å². The highest BCUT2D eigenvalue weighted by molar-refractivity contribution is 6.31. The van der Waals surface area contributed by atoms with E-state index in [0.29, 0.717) is 35.8 Å². The first-order chi connectivity index (χ1) is 9.67. The molecule has 6 nitrogen and oxygen atoms in total. The molecule has 108 valence electrons. The number of nitrogen functional groups attached to an aromatic ring is 1. The average molecular weight is 296 g/mol. The second-order valence-corrected chi connectivity index (χ2v) is 5.69. The fourth-order valence-electron chi connectivity index (χ4n) is 2.96. The quantitative estimate of drug-likeness (QED) is 0.638.